The normalized spacial score (nSPS) is 15.6. The van der Waals surface area contributed by atoms with Crippen LogP contribution in [0.1, 0.15) is 56.2 Å². The molecule has 0 radical (unpaired) electrons. The van der Waals surface area contributed by atoms with Crippen LogP contribution in [0, 0.1) is 16.7 Å². The monoisotopic (exact) mass is 292 g/mol. The number of nitrogens with one attached hydrogen (secondary N) is 2. The molecule has 1 aliphatic rings. The third kappa shape index (κ3) is 3.03. The molecule has 114 valence electrons. The summed E-state index contributed by atoms with van der Waals surface area (Å²) in [6, 6.07) is 12.7. The van der Waals surface area contributed by atoms with E-state index in [2.05, 4.69) is 70.2 Å². The fourth-order valence-electron chi connectivity index (χ4n) is 3.15. The first kappa shape index (κ1) is 16.2. The molecule has 2 heteroatoms. The summed E-state index contributed by atoms with van der Waals surface area (Å²) in [6.07, 6.45) is 4.71. The molecule has 22 heavy (non-hydrogen) atoms. The third-order valence-electron chi connectivity index (χ3n) is 4.29. The van der Waals surface area contributed by atoms with E-state index < -0.39 is 0 Å². The minimum Gasteiger partial charge on any atom is -0.242 e. The highest BCUT2D eigenvalue weighted by atomic mass is 14.4. The fourth-order valence-corrected chi connectivity index (χ4v) is 3.15. The van der Waals surface area contributed by atoms with E-state index in [9.17, 15) is 0 Å². The molecule has 0 aromatic heterocycles. The molecule has 0 amide bonds. The van der Waals surface area contributed by atoms with Gasteiger partial charge in [0.05, 0.1) is 6.01 Å². The van der Waals surface area contributed by atoms with Crippen molar-refractivity contribution >= 4 is 22.9 Å². The number of benzene rings is 2. The lowest BCUT2D eigenvalue weighted by Gasteiger charge is -2.25. The quantitative estimate of drug-likeness (QED) is 0.633. The Morgan fingerprint density at radius 3 is 2.32 bits per heavy atom. The van der Waals surface area contributed by atoms with E-state index in [1.807, 2.05) is 0 Å². The van der Waals surface area contributed by atoms with Crippen LogP contribution in [0.3, 0.4) is 0 Å². The Balaban J connectivity index is 0.000000545. The summed E-state index contributed by atoms with van der Waals surface area (Å²) >= 11 is 0. The average Bonchev–Trinajstić information content (AvgIpc) is 2.48. The molecule has 0 saturated heterocycles. The molecule has 2 aromatic carbocycles. The third-order valence-corrected chi connectivity index (χ3v) is 4.29. The molecule has 0 fully saturated rings. The summed E-state index contributed by atoms with van der Waals surface area (Å²) in [5.41, 5.74) is 4.33. The lowest BCUT2D eigenvalue weighted by atomic mass is 9.79. The van der Waals surface area contributed by atoms with Crippen LogP contribution in [0.5, 0.6) is 0 Å². The lowest BCUT2D eigenvalue weighted by molar-refractivity contribution is 0.581. The summed E-state index contributed by atoms with van der Waals surface area (Å²) < 4.78 is 0. The summed E-state index contributed by atoms with van der Waals surface area (Å²) in [5.74, 6) is 1.79. The maximum atomic E-state index is 5.62. The van der Waals surface area contributed by atoms with Crippen molar-refractivity contribution in [1.82, 2.24) is 0 Å². The SMILES string of the molecule is CC(C)c1cc2c3c(cccc3c1)C(C(C)C)C=C2.N=C=N. The van der Waals surface area contributed by atoms with Gasteiger partial charge in [-0.05, 0) is 39.3 Å². The van der Waals surface area contributed by atoms with Crippen LogP contribution >= 0.6 is 0 Å². The maximum absolute atomic E-state index is 5.62. The van der Waals surface area contributed by atoms with Gasteiger partial charge in [-0.15, -0.1) is 0 Å². The highest BCUT2D eigenvalue weighted by molar-refractivity contribution is 5.96. The Labute approximate surface area is 132 Å². The Morgan fingerprint density at radius 2 is 1.73 bits per heavy atom. The second-order valence-corrected chi connectivity index (χ2v) is 6.46. The minimum atomic E-state index is 0.557. The van der Waals surface area contributed by atoms with E-state index in [4.69, 9.17) is 10.8 Å². The van der Waals surface area contributed by atoms with E-state index >= 15 is 0 Å². The Bertz CT molecular complexity index is 733. The molecule has 3 rings (SSSR count). The predicted molar refractivity (Wildman–Crippen MR) is 95.1 cm³/mol. The number of rotatable bonds is 2. The van der Waals surface area contributed by atoms with E-state index in [0.29, 0.717) is 17.8 Å². The van der Waals surface area contributed by atoms with Gasteiger partial charge in [0.15, 0.2) is 0 Å². The molecule has 0 heterocycles. The number of hydrogen-bond donors (Lipinski definition) is 2. The zero-order valence-electron chi connectivity index (χ0n) is 13.8. The highest BCUT2D eigenvalue weighted by Crippen LogP contribution is 2.39. The zero-order chi connectivity index (χ0) is 16.3. The summed E-state index contributed by atoms with van der Waals surface area (Å²) in [4.78, 5) is 0. The second-order valence-electron chi connectivity index (χ2n) is 6.46. The van der Waals surface area contributed by atoms with Crippen LogP contribution in [0.4, 0.5) is 0 Å². The Kier molecular flexibility index (Phi) is 4.95. The lowest BCUT2D eigenvalue weighted by Crippen LogP contribution is -2.08. The van der Waals surface area contributed by atoms with Crippen molar-refractivity contribution in [3.63, 3.8) is 0 Å². The van der Waals surface area contributed by atoms with Gasteiger partial charge < -0.3 is 0 Å². The smallest absolute Gasteiger partial charge is 0.0831 e. The van der Waals surface area contributed by atoms with Crippen molar-refractivity contribution in [3.8, 4) is 0 Å². The van der Waals surface area contributed by atoms with Crippen LogP contribution in [-0.2, 0) is 0 Å². The van der Waals surface area contributed by atoms with Crippen LogP contribution in [0.25, 0.3) is 16.8 Å². The molecule has 2 nitrogen and oxygen atoms in total. The van der Waals surface area contributed by atoms with Crippen LogP contribution in [0.15, 0.2) is 36.4 Å². The molecule has 1 atom stereocenters. The van der Waals surface area contributed by atoms with Gasteiger partial charge in [0.1, 0.15) is 0 Å². The van der Waals surface area contributed by atoms with Crippen molar-refractivity contribution < 1.29 is 0 Å². The number of allylic oxidation sites excluding steroid dienone is 1. The van der Waals surface area contributed by atoms with Gasteiger partial charge in [-0.3, -0.25) is 0 Å². The van der Waals surface area contributed by atoms with Crippen molar-refractivity contribution in [1.29, 1.82) is 10.8 Å². The molecule has 1 aliphatic carbocycles. The Hall–Kier alpha value is -2.18. The van der Waals surface area contributed by atoms with Crippen LogP contribution < -0.4 is 0 Å². The highest BCUT2D eigenvalue weighted by Gasteiger charge is 2.20. The first-order valence-electron chi connectivity index (χ1n) is 7.82. The molecule has 0 aliphatic heterocycles. The minimum absolute atomic E-state index is 0.557. The van der Waals surface area contributed by atoms with E-state index in [-0.39, 0.29) is 0 Å². The van der Waals surface area contributed by atoms with Crippen molar-refractivity contribution in [2.24, 2.45) is 5.92 Å². The van der Waals surface area contributed by atoms with Gasteiger partial charge >= 0.3 is 0 Å². The fraction of sp³-hybridized carbons (Fsp3) is 0.350. The van der Waals surface area contributed by atoms with Gasteiger partial charge in [0, 0.05) is 5.92 Å². The van der Waals surface area contributed by atoms with E-state index in [1.54, 1.807) is 0 Å². The van der Waals surface area contributed by atoms with Gasteiger partial charge in [-0.2, -0.15) is 0 Å². The molecular weight excluding hydrogens is 268 g/mol. The molecule has 2 N–H and O–H groups in total. The molecule has 2 aromatic rings. The molecule has 0 spiro atoms. The summed E-state index contributed by atoms with van der Waals surface area (Å²) in [7, 11) is 0. The average molecular weight is 292 g/mol. The van der Waals surface area contributed by atoms with Gasteiger partial charge in [0.2, 0.25) is 0 Å². The Morgan fingerprint density at radius 1 is 1.05 bits per heavy atom. The zero-order valence-corrected chi connectivity index (χ0v) is 13.8. The topological polar surface area (TPSA) is 47.7 Å². The molecular formula is C20H24N2. The summed E-state index contributed by atoms with van der Waals surface area (Å²) in [5, 5.41) is 14.1. The summed E-state index contributed by atoms with van der Waals surface area (Å²) in [6.45, 7) is 9.14. The van der Waals surface area contributed by atoms with Crippen molar-refractivity contribution in [3.05, 3.63) is 53.1 Å². The largest absolute Gasteiger partial charge is 0.242 e. The van der Waals surface area contributed by atoms with Gasteiger partial charge in [0.25, 0.3) is 0 Å². The maximum Gasteiger partial charge on any atom is 0.0831 e. The molecule has 0 saturated carbocycles. The number of hydrogen-bond acceptors (Lipinski definition) is 2. The van der Waals surface area contributed by atoms with Gasteiger partial charge in [-0.1, -0.05) is 70.2 Å². The standard InChI is InChI=1S/C19H22.CH2N2/c1-12(2)16-10-14-6-5-7-18-17(13(3)4)9-8-15(11-16)19(14)18;2-1-3/h5-13,17H,1-4H3;2-3H. The van der Waals surface area contributed by atoms with Gasteiger partial charge in [-0.25, -0.2) is 10.8 Å². The predicted octanol–water partition coefficient (Wildman–Crippen LogP) is 6.05. The van der Waals surface area contributed by atoms with Crippen molar-refractivity contribution in [2.75, 3.05) is 0 Å². The van der Waals surface area contributed by atoms with E-state index in [0.717, 1.165) is 0 Å². The van der Waals surface area contributed by atoms with E-state index in [1.165, 1.54) is 33.5 Å². The second kappa shape index (κ2) is 6.72. The first-order chi connectivity index (χ1) is 10.5. The molecule has 1 unspecified atom stereocenters. The van der Waals surface area contributed by atoms with Crippen LogP contribution in [-0.4, -0.2) is 6.01 Å². The van der Waals surface area contributed by atoms with Crippen LogP contribution in [0.2, 0.25) is 0 Å². The first-order valence-corrected chi connectivity index (χ1v) is 7.82. The molecule has 0 bridgehead atoms. The van der Waals surface area contributed by atoms with Crippen molar-refractivity contribution in [2.45, 2.75) is 39.5 Å².